The molecule has 8 heteroatoms. The zero-order valence-corrected chi connectivity index (χ0v) is 15.8. The normalized spacial score (nSPS) is 18.5. The van der Waals surface area contributed by atoms with Gasteiger partial charge in [-0.3, -0.25) is 10.1 Å². The molecular weight excluding hydrogens is 376 g/mol. The molecule has 3 rings (SSSR count). The zero-order chi connectivity index (χ0) is 20.6. The molecule has 1 N–H and O–H groups in total. The molecular formula is C21H22N2O6. The van der Waals surface area contributed by atoms with Crippen molar-refractivity contribution in [2.45, 2.75) is 44.4 Å². The van der Waals surface area contributed by atoms with E-state index in [2.05, 4.69) is 5.32 Å². The standard InChI is InChI=1S/C21H22N2O6/c24-20(16-6-10-18(11-7-16)23(26)27)29-19-12-8-17(9-13-19)22-21(25)28-14-15-4-2-1-3-5-15/h1-7,10-11,17,19H,8-9,12-14H2,(H,22,25). The van der Waals surface area contributed by atoms with Gasteiger partial charge in [0.05, 0.1) is 10.5 Å². The van der Waals surface area contributed by atoms with Gasteiger partial charge in [0.1, 0.15) is 12.7 Å². The molecule has 1 fully saturated rings. The van der Waals surface area contributed by atoms with Crippen LogP contribution < -0.4 is 5.32 Å². The van der Waals surface area contributed by atoms with Crippen LogP contribution in [0.3, 0.4) is 0 Å². The second-order valence-electron chi connectivity index (χ2n) is 6.89. The van der Waals surface area contributed by atoms with E-state index in [-0.39, 0.29) is 30.0 Å². The molecule has 29 heavy (non-hydrogen) atoms. The van der Waals surface area contributed by atoms with Crippen molar-refractivity contribution in [1.82, 2.24) is 5.32 Å². The lowest BCUT2D eigenvalue weighted by atomic mass is 9.93. The van der Waals surface area contributed by atoms with Crippen molar-refractivity contribution in [2.75, 3.05) is 0 Å². The smallest absolute Gasteiger partial charge is 0.407 e. The maximum atomic E-state index is 12.2. The molecule has 2 aromatic carbocycles. The van der Waals surface area contributed by atoms with E-state index in [1.54, 1.807) is 0 Å². The van der Waals surface area contributed by atoms with Gasteiger partial charge >= 0.3 is 12.1 Å². The van der Waals surface area contributed by atoms with Crippen molar-refractivity contribution in [3.63, 3.8) is 0 Å². The number of nitrogens with zero attached hydrogens (tertiary/aromatic N) is 1. The number of benzene rings is 2. The van der Waals surface area contributed by atoms with Crippen LogP contribution in [0.4, 0.5) is 10.5 Å². The van der Waals surface area contributed by atoms with Gasteiger partial charge in [-0.05, 0) is 43.4 Å². The molecule has 0 aliphatic heterocycles. The van der Waals surface area contributed by atoms with Crippen molar-refractivity contribution in [2.24, 2.45) is 0 Å². The molecule has 0 saturated heterocycles. The Morgan fingerprint density at radius 2 is 1.66 bits per heavy atom. The Bertz CT molecular complexity index is 845. The molecule has 0 unspecified atom stereocenters. The summed E-state index contributed by atoms with van der Waals surface area (Å²) in [6.07, 6.45) is 1.92. The van der Waals surface area contributed by atoms with E-state index in [4.69, 9.17) is 9.47 Å². The average molecular weight is 398 g/mol. The first-order valence-corrected chi connectivity index (χ1v) is 9.44. The highest BCUT2D eigenvalue weighted by atomic mass is 16.6. The van der Waals surface area contributed by atoms with Crippen molar-refractivity contribution in [3.05, 3.63) is 75.8 Å². The van der Waals surface area contributed by atoms with Crippen molar-refractivity contribution < 1.29 is 24.0 Å². The van der Waals surface area contributed by atoms with Crippen molar-refractivity contribution >= 4 is 17.7 Å². The van der Waals surface area contributed by atoms with Gasteiger partial charge < -0.3 is 14.8 Å². The summed E-state index contributed by atoms with van der Waals surface area (Å²) < 4.78 is 10.7. The number of nitrogens with one attached hydrogen (secondary N) is 1. The molecule has 0 spiro atoms. The largest absolute Gasteiger partial charge is 0.459 e. The fourth-order valence-corrected chi connectivity index (χ4v) is 3.20. The Morgan fingerprint density at radius 1 is 1.00 bits per heavy atom. The maximum Gasteiger partial charge on any atom is 0.407 e. The van der Waals surface area contributed by atoms with E-state index in [0.29, 0.717) is 25.7 Å². The van der Waals surface area contributed by atoms with Gasteiger partial charge in [-0.1, -0.05) is 30.3 Å². The molecule has 2 aromatic rings. The molecule has 1 aliphatic rings. The molecule has 1 saturated carbocycles. The number of alkyl carbamates (subject to hydrolysis) is 1. The van der Waals surface area contributed by atoms with Gasteiger partial charge in [0.2, 0.25) is 0 Å². The monoisotopic (exact) mass is 398 g/mol. The molecule has 152 valence electrons. The number of hydrogen-bond acceptors (Lipinski definition) is 6. The number of rotatable bonds is 6. The van der Waals surface area contributed by atoms with E-state index >= 15 is 0 Å². The molecule has 0 atom stereocenters. The fraction of sp³-hybridized carbons (Fsp3) is 0.333. The van der Waals surface area contributed by atoms with Gasteiger partial charge in [-0.25, -0.2) is 9.59 Å². The predicted octanol–water partition coefficient (Wildman–Crippen LogP) is 3.99. The maximum absolute atomic E-state index is 12.2. The summed E-state index contributed by atoms with van der Waals surface area (Å²) in [6.45, 7) is 0.217. The molecule has 0 heterocycles. The minimum atomic E-state index is -0.520. The van der Waals surface area contributed by atoms with Crippen LogP contribution in [0, 0.1) is 10.1 Å². The lowest BCUT2D eigenvalue weighted by Gasteiger charge is -2.28. The Hall–Kier alpha value is -3.42. The zero-order valence-electron chi connectivity index (χ0n) is 15.8. The lowest BCUT2D eigenvalue weighted by Crippen LogP contribution is -2.39. The number of nitro groups is 1. The molecule has 0 aromatic heterocycles. The summed E-state index contributed by atoms with van der Waals surface area (Å²) in [5, 5.41) is 13.5. The van der Waals surface area contributed by atoms with E-state index in [1.165, 1.54) is 24.3 Å². The van der Waals surface area contributed by atoms with Crippen LogP contribution in [0.25, 0.3) is 0 Å². The predicted molar refractivity (Wildman–Crippen MR) is 104 cm³/mol. The molecule has 8 nitrogen and oxygen atoms in total. The average Bonchev–Trinajstić information content (AvgIpc) is 2.74. The summed E-state index contributed by atoms with van der Waals surface area (Å²) in [6, 6.07) is 14.7. The third-order valence-electron chi connectivity index (χ3n) is 4.80. The quantitative estimate of drug-likeness (QED) is 0.448. The van der Waals surface area contributed by atoms with Gasteiger partial charge in [-0.15, -0.1) is 0 Å². The van der Waals surface area contributed by atoms with Crippen LogP contribution in [0.15, 0.2) is 54.6 Å². The van der Waals surface area contributed by atoms with Gasteiger partial charge in [0.25, 0.3) is 5.69 Å². The summed E-state index contributed by atoms with van der Waals surface area (Å²) in [5.41, 5.74) is 1.12. The number of nitro benzene ring substituents is 1. The first-order chi connectivity index (χ1) is 14.0. The highest BCUT2D eigenvalue weighted by Crippen LogP contribution is 2.23. The molecule has 0 radical (unpaired) electrons. The highest BCUT2D eigenvalue weighted by Gasteiger charge is 2.26. The van der Waals surface area contributed by atoms with E-state index in [9.17, 15) is 19.7 Å². The number of carbonyl (C=O) groups excluding carboxylic acids is 2. The molecule has 0 bridgehead atoms. The van der Waals surface area contributed by atoms with Crippen LogP contribution in [-0.2, 0) is 16.1 Å². The van der Waals surface area contributed by atoms with Crippen LogP contribution in [-0.4, -0.2) is 29.1 Å². The highest BCUT2D eigenvalue weighted by molar-refractivity contribution is 5.89. The lowest BCUT2D eigenvalue weighted by molar-refractivity contribution is -0.384. The summed E-state index contributed by atoms with van der Waals surface area (Å²) in [5.74, 6) is -0.501. The first-order valence-electron chi connectivity index (χ1n) is 9.44. The molecule has 1 amide bonds. The third kappa shape index (κ3) is 6.03. The van der Waals surface area contributed by atoms with Crippen LogP contribution in [0.5, 0.6) is 0 Å². The van der Waals surface area contributed by atoms with Gasteiger partial charge in [-0.2, -0.15) is 0 Å². The summed E-state index contributed by atoms with van der Waals surface area (Å²) >= 11 is 0. The summed E-state index contributed by atoms with van der Waals surface area (Å²) in [7, 11) is 0. The topological polar surface area (TPSA) is 108 Å². The van der Waals surface area contributed by atoms with Crippen LogP contribution >= 0.6 is 0 Å². The van der Waals surface area contributed by atoms with Crippen LogP contribution in [0.1, 0.15) is 41.6 Å². The van der Waals surface area contributed by atoms with Crippen molar-refractivity contribution in [3.8, 4) is 0 Å². The Balaban J connectivity index is 1.39. The first kappa shape index (κ1) is 20.3. The van der Waals surface area contributed by atoms with Gasteiger partial charge in [0, 0.05) is 18.2 Å². The minimum Gasteiger partial charge on any atom is -0.459 e. The second-order valence-corrected chi connectivity index (χ2v) is 6.89. The molecule has 1 aliphatic carbocycles. The number of hydrogen-bond donors (Lipinski definition) is 1. The minimum absolute atomic E-state index is 0.0207. The SMILES string of the molecule is O=C(NC1CCC(OC(=O)c2ccc([N+](=O)[O-])cc2)CC1)OCc1ccccc1. The Labute approximate surface area is 168 Å². The number of esters is 1. The Kier molecular flexibility index (Phi) is 6.78. The van der Waals surface area contributed by atoms with E-state index < -0.39 is 17.0 Å². The van der Waals surface area contributed by atoms with Crippen molar-refractivity contribution in [1.29, 1.82) is 0 Å². The second kappa shape index (κ2) is 9.68. The van der Waals surface area contributed by atoms with Crippen LogP contribution in [0.2, 0.25) is 0 Å². The number of ether oxygens (including phenoxy) is 2. The third-order valence-corrected chi connectivity index (χ3v) is 4.80. The fourth-order valence-electron chi connectivity index (χ4n) is 3.20. The summed E-state index contributed by atoms with van der Waals surface area (Å²) in [4.78, 5) is 34.3. The van der Waals surface area contributed by atoms with E-state index in [1.807, 2.05) is 30.3 Å². The van der Waals surface area contributed by atoms with E-state index in [0.717, 1.165) is 5.56 Å². The van der Waals surface area contributed by atoms with Gasteiger partial charge in [0.15, 0.2) is 0 Å². The number of amides is 1. The number of non-ortho nitro benzene ring substituents is 1. The Morgan fingerprint density at radius 3 is 2.28 bits per heavy atom. The number of carbonyl (C=O) groups is 2.